The Kier molecular flexibility index (Phi) is 9.35. The van der Waals surface area contributed by atoms with Gasteiger partial charge in [-0.15, -0.1) is 0 Å². The lowest BCUT2D eigenvalue weighted by atomic mass is 10.2. The number of nitrogens with one attached hydrogen (secondary N) is 1. The van der Waals surface area contributed by atoms with E-state index in [-0.39, 0.29) is 11.1 Å². The minimum atomic E-state index is -0.756. The molecule has 0 unspecified atom stereocenters. The fourth-order valence-corrected chi connectivity index (χ4v) is 2.63. The minimum absolute atomic E-state index is 0.199. The number of ether oxygens (including phenoxy) is 4. The average Bonchev–Trinajstić information content (AvgIpc) is 2.78. The molecule has 0 aromatic heterocycles. The number of para-hydroxylation sites is 1. The van der Waals surface area contributed by atoms with E-state index >= 15 is 0 Å². The van der Waals surface area contributed by atoms with E-state index < -0.39 is 24.4 Å². The molecule has 0 aliphatic heterocycles. The number of carbonyl (C=O) groups is 3. The van der Waals surface area contributed by atoms with E-state index in [0.29, 0.717) is 30.5 Å². The Labute approximate surface area is 181 Å². The number of amides is 2. The van der Waals surface area contributed by atoms with Gasteiger partial charge in [-0.05, 0) is 43.7 Å². The quantitative estimate of drug-likeness (QED) is 0.432. The van der Waals surface area contributed by atoms with Gasteiger partial charge < -0.3 is 18.9 Å². The highest BCUT2D eigenvalue weighted by Gasteiger charge is 2.17. The Bertz CT molecular complexity index is 911. The second-order valence-electron chi connectivity index (χ2n) is 6.45. The molecule has 0 spiro atoms. The van der Waals surface area contributed by atoms with Crippen molar-refractivity contribution < 1.29 is 33.3 Å². The highest BCUT2D eigenvalue weighted by molar-refractivity contribution is 6.07. The van der Waals surface area contributed by atoms with Gasteiger partial charge in [0.05, 0.1) is 31.5 Å². The van der Waals surface area contributed by atoms with Crippen molar-refractivity contribution in [2.24, 2.45) is 0 Å². The van der Waals surface area contributed by atoms with Gasteiger partial charge in [-0.1, -0.05) is 25.5 Å². The van der Waals surface area contributed by atoms with Crippen molar-refractivity contribution in [2.75, 3.05) is 26.9 Å². The summed E-state index contributed by atoms with van der Waals surface area (Å²) in [5, 5.41) is 2.17. The fraction of sp³-hybridized carbons (Fsp3) is 0.348. The SMILES string of the molecule is CCCCOc1ccc(C(=O)OCC(=O)NC(=O)c2ccccc2OC)cc1OCC. The first kappa shape index (κ1) is 23.7. The summed E-state index contributed by atoms with van der Waals surface area (Å²) < 4.78 is 21.3. The van der Waals surface area contributed by atoms with E-state index in [4.69, 9.17) is 18.9 Å². The van der Waals surface area contributed by atoms with Crippen LogP contribution in [-0.4, -0.2) is 44.7 Å². The first-order chi connectivity index (χ1) is 15.0. The third-order valence-corrected chi connectivity index (χ3v) is 4.17. The average molecular weight is 429 g/mol. The van der Waals surface area contributed by atoms with Crippen molar-refractivity contribution in [1.29, 1.82) is 0 Å². The van der Waals surface area contributed by atoms with Crippen molar-refractivity contribution in [3.05, 3.63) is 53.6 Å². The van der Waals surface area contributed by atoms with Crippen LogP contribution in [0.1, 0.15) is 47.4 Å². The number of benzene rings is 2. The van der Waals surface area contributed by atoms with E-state index in [2.05, 4.69) is 12.2 Å². The number of unbranched alkanes of at least 4 members (excludes halogenated alkanes) is 1. The Hall–Kier alpha value is -3.55. The van der Waals surface area contributed by atoms with Crippen LogP contribution in [0.15, 0.2) is 42.5 Å². The molecule has 2 aromatic rings. The number of methoxy groups -OCH3 is 1. The fourth-order valence-electron chi connectivity index (χ4n) is 2.63. The van der Waals surface area contributed by atoms with Crippen LogP contribution >= 0.6 is 0 Å². The normalized spacial score (nSPS) is 10.2. The summed E-state index contributed by atoms with van der Waals surface area (Å²) >= 11 is 0. The van der Waals surface area contributed by atoms with Gasteiger partial charge in [0.2, 0.25) is 0 Å². The zero-order valence-corrected chi connectivity index (χ0v) is 17.9. The first-order valence-corrected chi connectivity index (χ1v) is 10.0. The van der Waals surface area contributed by atoms with Crippen LogP contribution in [0.25, 0.3) is 0 Å². The van der Waals surface area contributed by atoms with Gasteiger partial charge in [0.1, 0.15) is 5.75 Å². The zero-order valence-electron chi connectivity index (χ0n) is 17.9. The molecule has 0 bridgehead atoms. The molecule has 31 heavy (non-hydrogen) atoms. The molecule has 0 saturated carbocycles. The van der Waals surface area contributed by atoms with Gasteiger partial charge >= 0.3 is 5.97 Å². The van der Waals surface area contributed by atoms with Crippen molar-refractivity contribution in [2.45, 2.75) is 26.7 Å². The van der Waals surface area contributed by atoms with Crippen LogP contribution in [0.2, 0.25) is 0 Å². The largest absolute Gasteiger partial charge is 0.496 e. The molecule has 0 aliphatic rings. The van der Waals surface area contributed by atoms with E-state index in [1.165, 1.54) is 25.3 Å². The maximum atomic E-state index is 12.3. The molecular formula is C23H27NO7. The summed E-state index contributed by atoms with van der Waals surface area (Å²) in [6.45, 7) is 4.21. The Morgan fingerprint density at radius 2 is 1.71 bits per heavy atom. The molecule has 0 fully saturated rings. The van der Waals surface area contributed by atoms with Gasteiger partial charge in [-0.2, -0.15) is 0 Å². The van der Waals surface area contributed by atoms with E-state index in [1.54, 1.807) is 24.3 Å². The minimum Gasteiger partial charge on any atom is -0.496 e. The molecule has 166 valence electrons. The third-order valence-electron chi connectivity index (χ3n) is 4.17. The Morgan fingerprint density at radius 1 is 0.935 bits per heavy atom. The Balaban J connectivity index is 1.95. The van der Waals surface area contributed by atoms with Gasteiger partial charge in [0.25, 0.3) is 11.8 Å². The van der Waals surface area contributed by atoms with Gasteiger partial charge in [-0.25, -0.2) is 4.79 Å². The molecule has 0 radical (unpaired) electrons. The maximum absolute atomic E-state index is 12.3. The van der Waals surface area contributed by atoms with Crippen molar-refractivity contribution >= 4 is 17.8 Å². The summed E-state index contributed by atoms with van der Waals surface area (Å²) in [4.78, 5) is 36.6. The second-order valence-corrected chi connectivity index (χ2v) is 6.45. The van der Waals surface area contributed by atoms with E-state index in [9.17, 15) is 14.4 Å². The van der Waals surface area contributed by atoms with Gasteiger partial charge in [0, 0.05) is 0 Å². The van der Waals surface area contributed by atoms with Crippen LogP contribution < -0.4 is 19.5 Å². The van der Waals surface area contributed by atoms with E-state index in [1.807, 2.05) is 6.92 Å². The number of esters is 1. The molecule has 0 atom stereocenters. The molecule has 2 aromatic carbocycles. The highest BCUT2D eigenvalue weighted by atomic mass is 16.5. The number of carbonyl (C=O) groups excluding carboxylic acids is 3. The molecule has 8 nitrogen and oxygen atoms in total. The Morgan fingerprint density at radius 3 is 2.42 bits per heavy atom. The highest BCUT2D eigenvalue weighted by Crippen LogP contribution is 2.29. The van der Waals surface area contributed by atoms with Crippen LogP contribution in [-0.2, 0) is 9.53 Å². The summed E-state index contributed by atoms with van der Waals surface area (Å²) in [6, 6.07) is 11.1. The van der Waals surface area contributed by atoms with Gasteiger partial charge in [0.15, 0.2) is 18.1 Å². The molecule has 2 rings (SSSR count). The lowest BCUT2D eigenvalue weighted by molar-refractivity contribution is -0.123. The van der Waals surface area contributed by atoms with Crippen LogP contribution in [0.5, 0.6) is 17.2 Å². The molecule has 8 heteroatoms. The molecule has 2 amide bonds. The smallest absolute Gasteiger partial charge is 0.338 e. The molecule has 1 N–H and O–H groups in total. The van der Waals surface area contributed by atoms with Gasteiger partial charge in [-0.3, -0.25) is 14.9 Å². The lowest BCUT2D eigenvalue weighted by Crippen LogP contribution is -2.34. The summed E-state index contributed by atoms with van der Waals surface area (Å²) in [5.74, 6) is -0.842. The number of imide groups is 1. The maximum Gasteiger partial charge on any atom is 0.338 e. The van der Waals surface area contributed by atoms with Crippen LogP contribution in [0, 0.1) is 0 Å². The molecule has 0 saturated heterocycles. The van der Waals surface area contributed by atoms with Crippen molar-refractivity contribution in [1.82, 2.24) is 5.32 Å². The number of hydrogen-bond donors (Lipinski definition) is 1. The second kappa shape index (κ2) is 12.2. The van der Waals surface area contributed by atoms with Crippen molar-refractivity contribution in [3.8, 4) is 17.2 Å². The summed E-state index contributed by atoms with van der Waals surface area (Å²) in [5.41, 5.74) is 0.403. The third kappa shape index (κ3) is 7.02. The van der Waals surface area contributed by atoms with Crippen LogP contribution in [0.4, 0.5) is 0 Å². The number of rotatable bonds is 11. The predicted octanol–water partition coefficient (Wildman–Crippen LogP) is 3.39. The summed E-state index contributed by atoms with van der Waals surface area (Å²) in [7, 11) is 1.42. The monoisotopic (exact) mass is 429 g/mol. The topological polar surface area (TPSA) is 100 Å². The summed E-state index contributed by atoms with van der Waals surface area (Å²) in [6.07, 6.45) is 1.90. The number of hydrogen-bond acceptors (Lipinski definition) is 7. The van der Waals surface area contributed by atoms with Crippen LogP contribution in [0.3, 0.4) is 0 Å². The van der Waals surface area contributed by atoms with Crippen molar-refractivity contribution in [3.63, 3.8) is 0 Å². The molecular weight excluding hydrogens is 402 g/mol. The lowest BCUT2D eigenvalue weighted by Gasteiger charge is -2.13. The van der Waals surface area contributed by atoms with E-state index in [0.717, 1.165) is 12.8 Å². The molecule has 0 heterocycles. The predicted molar refractivity (Wildman–Crippen MR) is 114 cm³/mol. The standard InChI is InChI=1S/C23H27NO7/c1-4-6-13-30-19-12-11-16(14-20(19)29-5-2)23(27)31-15-21(25)24-22(26)17-9-7-8-10-18(17)28-3/h7-12,14H,4-6,13,15H2,1-3H3,(H,24,25,26). The zero-order chi connectivity index (χ0) is 22.6. The molecule has 0 aliphatic carbocycles. The first-order valence-electron chi connectivity index (χ1n) is 10.0.